The number of rotatable bonds is 4. The van der Waals surface area contributed by atoms with Gasteiger partial charge in [-0.2, -0.15) is 0 Å². The molecule has 4 rings (SSSR count). The smallest absolute Gasteiger partial charge is 0.258 e. The Balaban J connectivity index is 1.55. The molecule has 1 aliphatic rings. The van der Waals surface area contributed by atoms with E-state index in [2.05, 4.69) is 0 Å². The summed E-state index contributed by atoms with van der Waals surface area (Å²) in [5.74, 6) is -0.0985. The first kappa shape index (κ1) is 20.2. The van der Waals surface area contributed by atoms with Crippen molar-refractivity contribution < 1.29 is 9.59 Å². The normalized spacial score (nSPS) is 12.9. The summed E-state index contributed by atoms with van der Waals surface area (Å²) in [6.45, 7) is 1.20. The largest absolute Gasteiger partial charge is 0.337 e. The van der Waals surface area contributed by atoms with E-state index in [0.29, 0.717) is 29.2 Å². The molecule has 0 aliphatic carbocycles. The monoisotopic (exact) mass is 418 g/mol. The van der Waals surface area contributed by atoms with Crippen LogP contribution in [-0.2, 0) is 13.0 Å². The molecule has 3 aromatic carbocycles. The van der Waals surface area contributed by atoms with Gasteiger partial charge in [0, 0.05) is 42.0 Å². The summed E-state index contributed by atoms with van der Waals surface area (Å²) in [6.07, 6.45) is 1.70. The zero-order chi connectivity index (χ0) is 21.1. The van der Waals surface area contributed by atoms with E-state index in [0.717, 1.165) is 29.7 Å². The molecule has 0 aromatic heterocycles. The summed E-state index contributed by atoms with van der Waals surface area (Å²) in [5.41, 5.74) is 4.19. The maximum absolute atomic E-state index is 13.0. The molecule has 152 valence electrons. The van der Waals surface area contributed by atoms with E-state index >= 15 is 0 Å². The van der Waals surface area contributed by atoms with E-state index in [4.69, 9.17) is 11.6 Å². The minimum atomic E-state index is -0.0706. The summed E-state index contributed by atoms with van der Waals surface area (Å²) < 4.78 is 0. The number of fused-ring (bicyclic) bond motifs is 1. The van der Waals surface area contributed by atoms with Crippen molar-refractivity contribution >= 4 is 29.1 Å². The van der Waals surface area contributed by atoms with Crippen molar-refractivity contribution in [2.24, 2.45) is 0 Å². The van der Waals surface area contributed by atoms with Crippen LogP contribution in [0.3, 0.4) is 0 Å². The van der Waals surface area contributed by atoms with E-state index < -0.39 is 0 Å². The molecule has 0 fully saturated rings. The fourth-order valence-corrected chi connectivity index (χ4v) is 4.06. The van der Waals surface area contributed by atoms with Gasteiger partial charge in [-0.15, -0.1) is 0 Å². The average molecular weight is 419 g/mol. The number of nitrogens with zero attached hydrogens (tertiary/aromatic N) is 2. The topological polar surface area (TPSA) is 40.6 Å². The molecule has 0 unspecified atom stereocenters. The highest BCUT2D eigenvalue weighted by Gasteiger charge is 2.25. The maximum atomic E-state index is 13.0. The van der Waals surface area contributed by atoms with Gasteiger partial charge in [0.1, 0.15) is 0 Å². The van der Waals surface area contributed by atoms with Crippen LogP contribution in [0.1, 0.15) is 38.3 Å². The molecule has 0 saturated heterocycles. The standard InChI is InChI=1S/C25H23ClN2O2/c1-27(17-18-7-3-2-4-8-18)24(29)21-12-13-23-19(15-21)10-6-14-28(23)25(30)20-9-5-11-22(26)16-20/h2-5,7-9,11-13,15-16H,6,10,14,17H2,1H3. The Morgan fingerprint density at radius 3 is 2.53 bits per heavy atom. The molecule has 0 saturated carbocycles. The molecule has 1 heterocycles. The van der Waals surface area contributed by atoms with Gasteiger partial charge in [-0.1, -0.05) is 48.0 Å². The first-order valence-corrected chi connectivity index (χ1v) is 10.4. The Kier molecular flexibility index (Phi) is 5.86. The van der Waals surface area contributed by atoms with Crippen LogP contribution < -0.4 is 4.90 Å². The number of carbonyl (C=O) groups is 2. The summed E-state index contributed by atoms with van der Waals surface area (Å²) in [6, 6.07) is 22.6. The molecule has 1 aliphatic heterocycles. The minimum absolute atomic E-state index is 0.0278. The summed E-state index contributed by atoms with van der Waals surface area (Å²) >= 11 is 6.06. The van der Waals surface area contributed by atoms with E-state index in [1.54, 1.807) is 34.1 Å². The van der Waals surface area contributed by atoms with Crippen LogP contribution in [0.4, 0.5) is 5.69 Å². The van der Waals surface area contributed by atoms with Gasteiger partial charge >= 0.3 is 0 Å². The number of hydrogen-bond acceptors (Lipinski definition) is 2. The van der Waals surface area contributed by atoms with Crippen LogP contribution in [0.25, 0.3) is 0 Å². The van der Waals surface area contributed by atoms with Gasteiger partial charge in [-0.05, 0) is 60.4 Å². The van der Waals surface area contributed by atoms with Crippen molar-refractivity contribution in [1.82, 2.24) is 4.90 Å². The highest BCUT2D eigenvalue weighted by molar-refractivity contribution is 6.31. The van der Waals surface area contributed by atoms with Crippen molar-refractivity contribution in [1.29, 1.82) is 0 Å². The van der Waals surface area contributed by atoms with Crippen LogP contribution in [0.15, 0.2) is 72.8 Å². The van der Waals surface area contributed by atoms with Crippen LogP contribution in [0, 0.1) is 0 Å². The molecule has 0 bridgehead atoms. The van der Waals surface area contributed by atoms with Crippen LogP contribution in [0.5, 0.6) is 0 Å². The third-order valence-electron chi connectivity index (χ3n) is 5.37. The van der Waals surface area contributed by atoms with E-state index in [9.17, 15) is 9.59 Å². The minimum Gasteiger partial charge on any atom is -0.337 e. The van der Waals surface area contributed by atoms with Gasteiger partial charge in [0.05, 0.1) is 0 Å². The Morgan fingerprint density at radius 1 is 0.967 bits per heavy atom. The van der Waals surface area contributed by atoms with Crippen molar-refractivity contribution in [2.45, 2.75) is 19.4 Å². The lowest BCUT2D eigenvalue weighted by atomic mass is 9.98. The van der Waals surface area contributed by atoms with Gasteiger partial charge < -0.3 is 9.80 Å². The molecule has 0 atom stereocenters. The summed E-state index contributed by atoms with van der Waals surface area (Å²) in [5, 5.41) is 0.542. The van der Waals surface area contributed by atoms with Gasteiger partial charge in [-0.25, -0.2) is 0 Å². The van der Waals surface area contributed by atoms with Crippen LogP contribution in [0.2, 0.25) is 5.02 Å². The predicted octanol–water partition coefficient (Wildman–Crippen LogP) is 5.21. The Morgan fingerprint density at radius 2 is 1.77 bits per heavy atom. The van der Waals surface area contributed by atoms with Crippen LogP contribution in [-0.4, -0.2) is 30.3 Å². The second-order valence-corrected chi connectivity index (χ2v) is 8.00. The van der Waals surface area contributed by atoms with Crippen molar-refractivity contribution in [3.63, 3.8) is 0 Å². The molecule has 2 amide bonds. The van der Waals surface area contributed by atoms with E-state index in [1.165, 1.54) is 0 Å². The second-order valence-electron chi connectivity index (χ2n) is 7.56. The third kappa shape index (κ3) is 4.24. The zero-order valence-electron chi connectivity index (χ0n) is 16.8. The number of amides is 2. The predicted molar refractivity (Wildman–Crippen MR) is 120 cm³/mol. The van der Waals surface area contributed by atoms with Crippen molar-refractivity contribution in [2.75, 3.05) is 18.5 Å². The lowest BCUT2D eigenvalue weighted by Crippen LogP contribution is -2.35. The Bertz CT molecular complexity index is 1080. The SMILES string of the molecule is CN(Cc1ccccc1)C(=O)c1ccc2c(c1)CCCN2C(=O)c1cccc(Cl)c1. The number of carbonyl (C=O) groups excluding carboxylic acids is 2. The first-order chi connectivity index (χ1) is 14.5. The number of hydrogen-bond donors (Lipinski definition) is 0. The first-order valence-electron chi connectivity index (χ1n) is 10.0. The molecule has 30 heavy (non-hydrogen) atoms. The van der Waals surface area contributed by atoms with Gasteiger partial charge in [0.2, 0.25) is 0 Å². The molecule has 0 radical (unpaired) electrons. The fourth-order valence-electron chi connectivity index (χ4n) is 3.87. The Labute approximate surface area is 181 Å². The van der Waals surface area contributed by atoms with Crippen molar-refractivity contribution in [3.8, 4) is 0 Å². The molecular weight excluding hydrogens is 396 g/mol. The fraction of sp³-hybridized carbons (Fsp3) is 0.200. The zero-order valence-corrected chi connectivity index (χ0v) is 17.6. The molecule has 5 heteroatoms. The molecular formula is C25H23ClN2O2. The summed E-state index contributed by atoms with van der Waals surface area (Å²) in [7, 11) is 1.81. The average Bonchev–Trinajstić information content (AvgIpc) is 2.78. The number of halogens is 1. The van der Waals surface area contributed by atoms with E-state index in [1.807, 2.05) is 55.6 Å². The lowest BCUT2D eigenvalue weighted by molar-refractivity contribution is 0.0785. The highest BCUT2D eigenvalue weighted by atomic mass is 35.5. The quantitative estimate of drug-likeness (QED) is 0.583. The molecule has 4 nitrogen and oxygen atoms in total. The number of anilines is 1. The van der Waals surface area contributed by atoms with Crippen molar-refractivity contribution in [3.05, 3.63) is 100 Å². The highest BCUT2D eigenvalue weighted by Crippen LogP contribution is 2.30. The maximum Gasteiger partial charge on any atom is 0.258 e. The van der Waals surface area contributed by atoms with Gasteiger partial charge in [-0.3, -0.25) is 9.59 Å². The number of benzene rings is 3. The third-order valence-corrected chi connectivity index (χ3v) is 5.61. The van der Waals surface area contributed by atoms with Gasteiger partial charge in [0.25, 0.3) is 11.8 Å². The second kappa shape index (κ2) is 8.72. The molecule has 0 spiro atoms. The summed E-state index contributed by atoms with van der Waals surface area (Å²) in [4.78, 5) is 29.5. The van der Waals surface area contributed by atoms with E-state index in [-0.39, 0.29) is 11.8 Å². The van der Waals surface area contributed by atoms with Crippen LogP contribution >= 0.6 is 11.6 Å². The lowest BCUT2D eigenvalue weighted by Gasteiger charge is -2.30. The molecule has 3 aromatic rings. The number of aryl methyl sites for hydroxylation is 1. The molecule has 0 N–H and O–H groups in total. The Hall–Kier alpha value is -3.11. The van der Waals surface area contributed by atoms with Gasteiger partial charge in [0.15, 0.2) is 0 Å².